The van der Waals surface area contributed by atoms with Gasteiger partial charge in [0.2, 0.25) is 10.0 Å². The Hall–Kier alpha value is -1.80. The normalized spacial score (nSPS) is 12.7. The molecule has 0 spiro atoms. The molecular formula is C17H18Cl2N2O4S. The maximum Gasteiger partial charge on any atom is 0.265 e. The minimum atomic E-state index is -3.59. The fourth-order valence-corrected chi connectivity index (χ4v) is 3.40. The number of ether oxygens (including phenoxy) is 1. The maximum absolute atomic E-state index is 12.3. The van der Waals surface area contributed by atoms with E-state index in [9.17, 15) is 13.2 Å². The van der Waals surface area contributed by atoms with E-state index in [0.29, 0.717) is 16.5 Å². The van der Waals surface area contributed by atoms with E-state index < -0.39 is 22.0 Å². The predicted octanol–water partition coefficient (Wildman–Crippen LogP) is 3.65. The fraction of sp³-hybridized carbons (Fsp3) is 0.235. The number of nitrogens with zero attached hydrogens (tertiary/aromatic N) is 1. The van der Waals surface area contributed by atoms with Crippen LogP contribution in [0.4, 0.5) is 5.69 Å². The first-order valence-corrected chi connectivity index (χ1v) is 9.76. The van der Waals surface area contributed by atoms with Gasteiger partial charge in [-0.3, -0.25) is 4.79 Å². The molecule has 0 fully saturated rings. The molecule has 26 heavy (non-hydrogen) atoms. The van der Waals surface area contributed by atoms with Crippen molar-refractivity contribution in [1.82, 2.24) is 4.31 Å². The summed E-state index contributed by atoms with van der Waals surface area (Å²) < 4.78 is 31.0. The summed E-state index contributed by atoms with van der Waals surface area (Å²) in [6.07, 6.45) is -0.859. The molecule has 1 N–H and O–H groups in total. The molecule has 140 valence electrons. The third-order valence-electron chi connectivity index (χ3n) is 3.45. The molecule has 6 nitrogen and oxygen atoms in total. The summed E-state index contributed by atoms with van der Waals surface area (Å²) in [5, 5.41) is 3.37. The van der Waals surface area contributed by atoms with Gasteiger partial charge in [0.25, 0.3) is 5.91 Å². The van der Waals surface area contributed by atoms with Crippen molar-refractivity contribution in [3.05, 3.63) is 52.5 Å². The van der Waals surface area contributed by atoms with Gasteiger partial charge in [-0.2, -0.15) is 0 Å². The van der Waals surface area contributed by atoms with Crippen LogP contribution in [0.3, 0.4) is 0 Å². The number of halogens is 2. The summed E-state index contributed by atoms with van der Waals surface area (Å²) in [6, 6.07) is 10.7. The van der Waals surface area contributed by atoms with Gasteiger partial charge in [-0.15, -0.1) is 0 Å². The number of rotatable bonds is 6. The van der Waals surface area contributed by atoms with Crippen LogP contribution in [0.2, 0.25) is 10.0 Å². The van der Waals surface area contributed by atoms with Crippen molar-refractivity contribution in [2.24, 2.45) is 0 Å². The van der Waals surface area contributed by atoms with Crippen LogP contribution < -0.4 is 10.1 Å². The topological polar surface area (TPSA) is 75.7 Å². The van der Waals surface area contributed by atoms with Crippen molar-refractivity contribution >= 4 is 44.8 Å². The number of sulfonamides is 1. The van der Waals surface area contributed by atoms with Gasteiger partial charge < -0.3 is 10.1 Å². The molecule has 9 heteroatoms. The van der Waals surface area contributed by atoms with Gasteiger partial charge >= 0.3 is 0 Å². The van der Waals surface area contributed by atoms with E-state index in [1.807, 2.05) is 0 Å². The lowest BCUT2D eigenvalue weighted by Crippen LogP contribution is -2.30. The van der Waals surface area contributed by atoms with Crippen LogP contribution in [0.1, 0.15) is 6.92 Å². The Labute approximate surface area is 162 Å². The monoisotopic (exact) mass is 416 g/mol. The van der Waals surface area contributed by atoms with Crippen LogP contribution in [-0.2, 0) is 14.8 Å². The Balaban J connectivity index is 2.12. The first-order chi connectivity index (χ1) is 12.1. The standard InChI is InChI=1S/C17H18Cl2N2O4S/c1-11(25-16-8-7-12(18)9-15(16)19)17(22)20-13-5-4-6-14(10-13)26(23,24)21(2)3/h4-11H,1-3H3,(H,20,22)/t11-/m1/s1. The number of benzene rings is 2. The molecule has 0 aromatic heterocycles. The maximum atomic E-state index is 12.3. The van der Waals surface area contributed by atoms with Crippen LogP contribution in [-0.4, -0.2) is 38.8 Å². The average Bonchev–Trinajstić information content (AvgIpc) is 2.57. The highest BCUT2D eigenvalue weighted by Crippen LogP contribution is 2.28. The van der Waals surface area contributed by atoms with Gasteiger partial charge in [0.05, 0.1) is 9.92 Å². The van der Waals surface area contributed by atoms with E-state index in [2.05, 4.69) is 5.32 Å². The molecule has 0 aliphatic carbocycles. The van der Waals surface area contributed by atoms with Crippen LogP contribution >= 0.6 is 23.2 Å². The Morgan fingerprint density at radius 3 is 2.46 bits per heavy atom. The van der Waals surface area contributed by atoms with Crippen molar-refractivity contribution in [2.75, 3.05) is 19.4 Å². The van der Waals surface area contributed by atoms with E-state index in [-0.39, 0.29) is 9.92 Å². The highest BCUT2D eigenvalue weighted by molar-refractivity contribution is 7.89. The van der Waals surface area contributed by atoms with Crippen LogP contribution in [0.5, 0.6) is 5.75 Å². The fourth-order valence-electron chi connectivity index (χ4n) is 2.00. The molecule has 1 atom stereocenters. The summed E-state index contributed by atoms with van der Waals surface area (Å²) in [5.41, 5.74) is 0.343. The van der Waals surface area contributed by atoms with Gasteiger partial charge in [0.1, 0.15) is 5.75 Å². The van der Waals surface area contributed by atoms with Crippen LogP contribution in [0.25, 0.3) is 0 Å². The lowest BCUT2D eigenvalue weighted by molar-refractivity contribution is -0.122. The number of nitrogens with one attached hydrogen (secondary N) is 1. The van der Waals surface area contributed by atoms with Gasteiger partial charge in [-0.05, 0) is 43.3 Å². The lowest BCUT2D eigenvalue weighted by Gasteiger charge is -2.16. The van der Waals surface area contributed by atoms with E-state index >= 15 is 0 Å². The van der Waals surface area contributed by atoms with Crippen LogP contribution in [0, 0.1) is 0 Å². The summed E-state index contributed by atoms with van der Waals surface area (Å²) in [6.45, 7) is 1.56. The Bertz CT molecular complexity index is 917. The number of amides is 1. The number of hydrogen-bond acceptors (Lipinski definition) is 4. The Morgan fingerprint density at radius 1 is 1.15 bits per heavy atom. The SMILES string of the molecule is C[C@@H](Oc1ccc(Cl)cc1Cl)C(=O)Nc1cccc(S(=O)(=O)N(C)C)c1. The highest BCUT2D eigenvalue weighted by Gasteiger charge is 2.20. The second-order valence-electron chi connectivity index (χ2n) is 5.64. The molecule has 1 amide bonds. The Morgan fingerprint density at radius 2 is 1.85 bits per heavy atom. The Kier molecular flexibility index (Phi) is 6.52. The second-order valence-corrected chi connectivity index (χ2v) is 8.63. The molecule has 0 heterocycles. The van der Waals surface area contributed by atoms with Gasteiger partial charge in [-0.25, -0.2) is 12.7 Å². The highest BCUT2D eigenvalue weighted by atomic mass is 35.5. The number of carbonyl (C=O) groups excluding carboxylic acids is 1. The molecule has 2 rings (SSSR count). The predicted molar refractivity (Wildman–Crippen MR) is 102 cm³/mol. The lowest BCUT2D eigenvalue weighted by atomic mass is 10.3. The van der Waals surface area contributed by atoms with E-state index in [0.717, 1.165) is 4.31 Å². The first kappa shape index (κ1) is 20.5. The zero-order chi connectivity index (χ0) is 19.5. The molecule has 0 radical (unpaired) electrons. The second kappa shape index (κ2) is 8.26. The number of anilines is 1. The molecule has 0 unspecified atom stereocenters. The third kappa shape index (κ3) is 4.88. The van der Waals surface area contributed by atoms with Crippen molar-refractivity contribution < 1.29 is 17.9 Å². The third-order valence-corrected chi connectivity index (χ3v) is 5.79. The van der Waals surface area contributed by atoms with Crippen molar-refractivity contribution in [3.8, 4) is 5.75 Å². The summed E-state index contributed by atoms with van der Waals surface area (Å²) >= 11 is 11.9. The van der Waals surface area contributed by atoms with Gasteiger partial charge in [0.15, 0.2) is 6.10 Å². The van der Waals surface area contributed by atoms with Crippen molar-refractivity contribution in [3.63, 3.8) is 0 Å². The zero-order valence-electron chi connectivity index (χ0n) is 14.4. The smallest absolute Gasteiger partial charge is 0.265 e. The minimum absolute atomic E-state index is 0.0783. The molecule has 0 aliphatic heterocycles. The quantitative estimate of drug-likeness (QED) is 0.779. The van der Waals surface area contributed by atoms with E-state index in [4.69, 9.17) is 27.9 Å². The van der Waals surface area contributed by atoms with Crippen molar-refractivity contribution in [2.45, 2.75) is 17.9 Å². The van der Waals surface area contributed by atoms with E-state index in [1.165, 1.54) is 32.3 Å². The number of hydrogen-bond donors (Lipinski definition) is 1. The van der Waals surface area contributed by atoms with Crippen LogP contribution in [0.15, 0.2) is 47.4 Å². The zero-order valence-corrected chi connectivity index (χ0v) is 16.7. The summed E-state index contributed by atoms with van der Waals surface area (Å²) in [7, 11) is -0.719. The van der Waals surface area contributed by atoms with E-state index in [1.54, 1.807) is 31.2 Å². The van der Waals surface area contributed by atoms with Crippen molar-refractivity contribution in [1.29, 1.82) is 0 Å². The molecule has 0 aliphatic rings. The molecule has 0 saturated heterocycles. The van der Waals surface area contributed by atoms with Gasteiger partial charge in [0, 0.05) is 24.8 Å². The summed E-state index contributed by atoms with van der Waals surface area (Å²) in [5.74, 6) is -0.127. The molecular weight excluding hydrogens is 399 g/mol. The molecule has 2 aromatic rings. The number of carbonyl (C=O) groups is 1. The molecule has 2 aromatic carbocycles. The minimum Gasteiger partial charge on any atom is -0.479 e. The molecule has 0 bridgehead atoms. The van der Waals surface area contributed by atoms with Gasteiger partial charge in [-0.1, -0.05) is 29.3 Å². The first-order valence-electron chi connectivity index (χ1n) is 7.56. The largest absolute Gasteiger partial charge is 0.479 e. The summed E-state index contributed by atoms with van der Waals surface area (Å²) in [4.78, 5) is 12.4. The molecule has 0 saturated carbocycles. The average molecular weight is 417 g/mol.